The van der Waals surface area contributed by atoms with Crippen molar-refractivity contribution in [3.05, 3.63) is 41.8 Å². The second-order valence-electron chi connectivity index (χ2n) is 4.57. The van der Waals surface area contributed by atoms with Gasteiger partial charge in [-0.25, -0.2) is 4.98 Å². The van der Waals surface area contributed by atoms with Crippen LogP contribution in [-0.2, 0) is 4.79 Å². The summed E-state index contributed by atoms with van der Waals surface area (Å²) >= 11 is 7.27. The summed E-state index contributed by atoms with van der Waals surface area (Å²) in [6.07, 6.45) is 5.18. The average molecular weight is 306 g/mol. The van der Waals surface area contributed by atoms with Gasteiger partial charge in [-0.2, -0.15) is 0 Å². The molecular formula is C14H12ClN3OS. The second-order valence-corrected chi connectivity index (χ2v) is 6.05. The van der Waals surface area contributed by atoms with Gasteiger partial charge in [0.2, 0.25) is 5.91 Å². The lowest BCUT2D eigenvalue weighted by Crippen LogP contribution is -2.12. The molecule has 1 fully saturated rings. The number of hydrogen-bond donors (Lipinski definition) is 1. The maximum Gasteiger partial charge on any atom is 0.227 e. The van der Waals surface area contributed by atoms with Crippen LogP contribution in [0.4, 0.5) is 5.69 Å². The van der Waals surface area contributed by atoms with E-state index in [1.165, 1.54) is 18.0 Å². The molecule has 0 unspecified atom stereocenters. The largest absolute Gasteiger partial charge is 0.326 e. The molecule has 1 heterocycles. The van der Waals surface area contributed by atoms with E-state index < -0.39 is 0 Å². The number of halogens is 1. The number of hydrogen-bond acceptors (Lipinski definition) is 4. The zero-order chi connectivity index (χ0) is 13.9. The van der Waals surface area contributed by atoms with Crippen molar-refractivity contribution in [3.63, 3.8) is 0 Å². The minimum Gasteiger partial charge on any atom is -0.326 e. The number of benzene rings is 1. The lowest BCUT2D eigenvalue weighted by molar-refractivity contribution is -0.117. The molecule has 1 aliphatic rings. The van der Waals surface area contributed by atoms with Gasteiger partial charge in [-0.15, -0.1) is 0 Å². The fraction of sp³-hybridized carbons (Fsp3) is 0.214. The Balaban J connectivity index is 1.65. The van der Waals surface area contributed by atoms with Crippen molar-refractivity contribution in [3.8, 4) is 0 Å². The fourth-order valence-corrected chi connectivity index (χ4v) is 2.66. The molecule has 0 aliphatic heterocycles. The molecule has 1 amide bonds. The zero-order valence-electron chi connectivity index (χ0n) is 10.5. The van der Waals surface area contributed by atoms with Crippen LogP contribution in [0, 0.1) is 5.92 Å². The molecule has 0 bridgehead atoms. The fourth-order valence-electron chi connectivity index (χ4n) is 1.69. The van der Waals surface area contributed by atoms with E-state index in [4.69, 9.17) is 11.6 Å². The molecule has 0 radical (unpaired) electrons. The minimum absolute atomic E-state index is 0.117. The Morgan fingerprint density at radius 1 is 1.25 bits per heavy atom. The van der Waals surface area contributed by atoms with Crippen molar-refractivity contribution in [2.75, 3.05) is 5.32 Å². The van der Waals surface area contributed by atoms with Gasteiger partial charge in [0, 0.05) is 16.5 Å². The van der Waals surface area contributed by atoms with Crippen molar-refractivity contribution in [2.45, 2.75) is 22.8 Å². The van der Waals surface area contributed by atoms with Crippen LogP contribution in [0.15, 0.2) is 46.6 Å². The number of rotatable bonds is 4. The molecule has 4 nitrogen and oxygen atoms in total. The lowest BCUT2D eigenvalue weighted by Gasteiger charge is -2.05. The van der Waals surface area contributed by atoms with Crippen molar-refractivity contribution in [2.24, 2.45) is 5.92 Å². The van der Waals surface area contributed by atoms with Gasteiger partial charge in [0.15, 0.2) is 0 Å². The van der Waals surface area contributed by atoms with Crippen molar-refractivity contribution in [1.82, 2.24) is 9.97 Å². The van der Waals surface area contributed by atoms with Gasteiger partial charge in [0.05, 0.1) is 12.4 Å². The third-order valence-electron chi connectivity index (χ3n) is 2.88. The highest BCUT2D eigenvalue weighted by atomic mass is 35.5. The third kappa shape index (κ3) is 3.49. The number of anilines is 1. The van der Waals surface area contributed by atoms with E-state index in [0.29, 0.717) is 5.15 Å². The Morgan fingerprint density at radius 3 is 2.65 bits per heavy atom. The summed E-state index contributed by atoms with van der Waals surface area (Å²) in [6.45, 7) is 0. The summed E-state index contributed by atoms with van der Waals surface area (Å²) in [5, 5.41) is 4.03. The molecule has 0 saturated heterocycles. The topological polar surface area (TPSA) is 54.9 Å². The standard InChI is InChI=1S/C14H12ClN3OS/c15-12-7-16-8-13(18-12)20-11-5-3-10(4-6-11)17-14(19)9-1-2-9/h3-9H,1-2H2,(H,17,19). The first kappa shape index (κ1) is 13.4. The molecule has 1 aromatic carbocycles. The molecule has 2 aromatic rings. The maximum absolute atomic E-state index is 11.6. The van der Waals surface area contributed by atoms with E-state index >= 15 is 0 Å². The second kappa shape index (κ2) is 5.81. The van der Waals surface area contributed by atoms with Crippen molar-refractivity contribution < 1.29 is 4.79 Å². The van der Waals surface area contributed by atoms with E-state index in [1.807, 2.05) is 24.3 Å². The molecule has 6 heteroatoms. The van der Waals surface area contributed by atoms with Gasteiger partial charge >= 0.3 is 0 Å². The monoisotopic (exact) mass is 305 g/mol. The number of aromatic nitrogens is 2. The SMILES string of the molecule is O=C(Nc1ccc(Sc2cncc(Cl)n2)cc1)C1CC1. The van der Waals surface area contributed by atoms with Crippen LogP contribution in [0.3, 0.4) is 0 Å². The smallest absolute Gasteiger partial charge is 0.227 e. The first-order valence-electron chi connectivity index (χ1n) is 6.27. The molecule has 1 saturated carbocycles. The highest BCUT2D eigenvalue weighted by Crippen LogP contribution is 2.31. The summed E-state index contributed by atoms with van der Waals surface area (Å²) in [5.74, 6) is 0.330. The Labute approximate surface area is 126 Å². The average Bonchev–Trinajstić information content (AvgIpc) is 3.25. The van der Waals surface area contributed by atoms with E-state index in [1.54, 1.807) is 6.20 Å². The lowest BCUT2D eigenvalue weighted by atomic mass is 10.3. The maximum atomic E-state index is 11.6. The molecule has 102 valence electrons. The molecule has 1 aromatic heterocycles. The summed E-state index contributed by atoms with van der Waals surface area (Å²) in [5.41, 5.74) is 0.823. The summed E-state index contributed by atoms with van der Waals surface area (Å²) < 4.78 is 0. The highest BCUT2D eigenvalue weighted by Gasteiger charge is 2.29. The van der Waals surface area contributed by atoms with Crippen LogP contribution < -0.4 is 5.32 Å². The predicted octanol–water partition coefficient (Wildman–Crippen LogP) is 3.63. The van der Waals surface area contributed by atoms with Crippen LogP contribution in [0.2, 0.25) is 5.15 Å². The van der Waals surface area contributed by atoms with Crippen LogP contribution in [-0.4, -0.2) is 15.9 Å². The summed E-state index contributed by atoms with van der Waals surface area (Å²) in [4.78, 5) is 20.8. The van der Waals surface area contributed by atoms with Crippen LogP contribution in [0.25, 0.3) is 0 Å². The van der Waals surface area contributed by atoms with Gasteiger partial charge in [0.25, 0.3) is 0 Å². The molecule has 0 spiro atoms. The van der Waals surface area contributed by atoms with Crippen molar-refractivity contribution in [1.29, 1.82) is 0 Å². The summed E-state index contributed by atoms with van der Waals surface area (Å²) in [7, 11) is 0. The molecule has 1 aliphatic carbocycles. The van der Waals surface area contributed by atoms with Gasteiger partial charge in [-0.1, -0.05) is 23.4 Å². The Kier molecular flexibility index (Phi) is 3.89. The number of carbonyl (C=O) groups excluding carboxylic acids is 1. The van der Waals surface area contributed by atoms with E-state index in [9.17, 15) is 4.79 Å². The van der Waals surface area contributed by atoms with Gasteiger partial charge in [-0.05, 0) is 37.1 Å². The molecule has 1 N–H and O–H groups in total. The van der Waals surface area contributed by atoms with Gasteiger partial charge in [-0.3, -0.25) is 9.78 Å². The first-order chi connectivity index (χ1) is 9.70. The summed E-state index contributed by atoms with van der Waals surface area (Å²) in [6, 6.07) is 7.66. The Morgan fingerprint density at radius 2 is 2.00 bits per heavy atom. The predicted molar refractivity (Wildman–Crippen MR) is 79.0 cm³/mol. The van der Waals surface area contributed by atoms with Gasteiger partial charge in [0.1, 0.15) is 10.2 Å². The van der Waals surface area contributed by atoms with Crippen LogP contribution in [0.5, 0.6) is 0 Å². The van der Waals surface area contributed by atoms with E-state index in [0.717, 1.165) is 28.5 Å². The number of nitrogens with zero attached hydrogens (tertiary/aromatic N) is 2. The minimum atomic E-state index is 0.117. The molecule has 20 heavy (non-hydrogen) atoms. The molecule has 0 atom stereocenters. The van der Waals surface area contributed by atoms with Crippen LogP contribution >= 0.6 is 23.4 Å². The van der Waals surface area contributed by atoms with Gasteiger partial charge < -0.3 is 5.32 Å². The quantitative estimate of drug-likeness (QED) is 0.937. The normalized spacial score (nSPS) is 14.1. The Hall–Kier alpha value is -1.59. The van der Waals surface area contributed by atoms with E-state index in [2.05, 4.69) is 15.3 Å². The first-order valence-corrected chi connectivity index (χ1v) is 7.46. The zero-order valence-corrected chi connectivity index (χ0v) is 12.1. The van der Waals surface area contributed by atoms with Crippen LogP contribution in [0.1, 0.15) is 12.8 Å². The molecular weight excluding hydrogens is 294 g/mol. The third-order valence-corrected chi connectivity index (χ3v) is 3.97. The number of carbonyl (C=O) groups is 1. The van der Waals surface area contributed by atoms with Crippen molar-refractivity contribution >= 4 is 35.0 Å². The highest BCUT2D eigenvalue weighted by molar-refractivity contribution is 7.99. The van der Waals surface area contributed by atoms with E-state index in [-0.39, 0.29) is 11.8 Å². The molecule has 3 rings (SSSR count). The number of amides is 1. The number of nitrogens with one attached hydrogen (secondary N) is 1. The Bertz CT molecular complexity index is 629.